The van der Waals surface area contributed by atoms with Crippen molar-refractivity contribution in [1.29, 1.82) is 0 Å². The second kappa shape index (κ2) is 10.1. The molecule has 3 heterocycles. The average Bonchev–Trinajstić information content (AvgIpc) is 3.40. The number of benzene rings is 1. The molecule has 1 aliphatic carbocycles. The van der Waals surface area contributed by atoms with Gasteiger partial charge < -0.3 is 19.3 Å². The lowest BCUT2D eigenvalue weighted by Gasteiger charge is -2.21. The summed E-state index contributed by atoms with van der Waals surface area (Å²) in [5.41, 5.74) is 5.08. The zero-order valence-electron chi connectivity index (χ0n) is 19.9. The van der Waals surface area contributed by atoms with Crippen molar-refractivity contribution in [2.24, 2.45) is 5.92 Å². The van der Waals surface area contributed by atoms with Crippen LogP contribution in [0.2, 0.25) is 5.02 Å². The molecule has 0 amide bonds. The summed E-state index contributed by atoms with van der Waals surface area (Å²) < 4.78 is 25.6. The number of allylic oxidation sites excluding steroid dienone is 2. The van der Waals surface area contributed by atoms with Crippen LogP contribution in [0.4, 0.5) is 4.39 Å². The van der Waals surface area contributed by atoms with Crippen LogP contribution in [0.5, 0.6) is 6.01 Å². The zero-order valence-corrected chi connectivity index (χ0v) is 20.6. The molecule has 35 heavy (non-hydrogen) atoms. The maximum Gasteiger partial charge on any atom is 0.296 e. The molecular formula is C27H29ClFN3O3. The van der Waals surface area contributed by atoms with Crippen LogP contribution in [0.25, 0.3) is 28.0 Å². The van der Waals surface area contributed by atoms with Gasteiger partial charge in [0.15, 0.2) is 17.9 Å². The van der Waals surface area contributed by atoms with Crippen LogP contribution in [-0.4, -0.2) is 45.7 Å². The van der Waals surface area contributed by atoms with Crippen LogP contribution < -0.4 is 4.74 Å². The fourth-order valence-corrected chi connectivity index (χ4v) is 5.23. The van der Waals surface area contributed by atoms with Gasteiger partial charge in [-0.2, -0.15) is 4.98 Å². The Hall–Kier alpha value is -2.77. The summed E-state index contributed by atoms with van der Waals surface area (Å²) in [5, 5.41) is 0.489. The van der Waals surface area contributed by atoms with Gasteiger partial charge in [-0.1, -0.05) is 48.9 Å². The van der Waals surface area contributed by atoms with Crippen molar-refractivity contribution in [3.05, 3.63) is 47.0 Å². The number of carbonyl (C=O) groups excluding carboxylic acids is 1. The van der Waals surface area contributed by atoms with E-state index in [1.807, 2.05) is 19.1 Å². The predicted molar refractivity (Wildman–Crippen MR) is 134 cm³/mol. The third kappa shape index (κ3) is 5.11. The third-order valence-electron chi connectivity index (χ3n) is 6.88. The average molecular weight is 498 g/mol. The number of nitrogens with one attached hydrogen (secondary N) is 1. The first-order valence-corrected chi connectivity index (χ1v) is 12.6. The summed E-state index contributed by atoms with van der Waals surface area (Å²) in [7, 11) is 0. The Bertz CT molecular complexity index is 1260. The largest absolute Gasteiger partial charge is 0.456 e. The normalized spacial score (nSPS) is 24.5. The Morgan fingerprint density at radius 2 is 2.03 bits per heavy atom. The fraction of sp³-hybridized carbons (Fsp3) is 0.444. The van der Waals surface area contributed by atoms with Gasteiger partial charge in [-0.05, 0) is 55.7 Å². The van der Waals surface area contributed by atoms with Crippen molar-refractivity contribution in [1.82, 2.24) is 15.0 Å². The molecular weight excluding hydrogens is 469 g/mol. The highest BCUT2D eigenvalue weighted by Crippen LogP contribution is 2.34. The van der Waals surface area contributed by atoms with Gasteiger partial charge in [-0.3, -0.25) is 0 Å². The standard InChI is InChI=1S/C27H29ClFN3O3/c1-3-22-24(29)23(14-34-22)35-27-30-21-13-20(28)25(31-26(21)32-27)19-10-8-18(9-11-19)17-6-4-16(5-7-17)12-15(2)33/h6,8-11,13,16,22-24H,3-5,7,12,14H2,1-2H3,(H,30,31,32)/t16?,22-,23-,24-/m1/s1. The molecule has 0 radical (unpaired) electrons. The molecule has 1 unspecified atom stereocenters. The summed E-state index contributed by atoms with van der Waals surface area (Å²) in [6, 6.07) is 10.2. The smallest absolute Gasteiger partial charge is 0.296 e. The van der Waals surface area contributed by atoms with E-state index in [0.717, 1.165) is 24.8 Å². The Labute approximate surface area is 208 Å². The summed E-state index contributed by atoms with van der Waals surface area (Å²) in [6.07, 6.45) is 4.13. The number of fused-ring (bicyclic) bond motifs is 1. The lowest BCUT2D eigenvalue weighted by molar-refractivity contribution is -0.117. The molecule has 2 aliphatic rings. The van der Waals surface area contributed by atoms with E-state index in [0.29, 0.717) is 40.6 Å². The molecule has 0 saturated carbocycles. The molecule has 0 bridgehead atoms. The van der Waals surface area contributed by atoms with Crippen LogP contribution in [0.15, 0.2) is 36.4 Å². The number of nitrogens with zero attached hydrogens (tertiary/aromatic N) is 2. The van der Waals surface area contributed by atoms with Gasteiger partial charge in [0, 0.05) is 12.0 Å². The number of pyridine rings is 1. The van der Waals surface area contributed by atoms with Crippen molar-refractivity contribution in [2.45, 2.75) is 64.3 Å². The molecule has 1 N–H and O–H groups in total. The van der Waals surface area contributed by atoms with E-state index in [9.17, 15) is 9.18 Å². The molecule has 184 valence electrons. The molecule has 1 fully saturated rings. The minimum absolute atomic E-state index is 0.191. The summed E-state index contributed by atoms with van der Waals surface area (Å²) in [6.45, 7) is 3.74. The Balaban J connectivity index is 1.32. The Morgan fingerprint density at radius 3 is 2.69 bits per heavy atom. The topological polar surface area (TPSA) is 77.1 Å². The predicted octanol–water partition coefficient (Wildman–Crippen LogP) is 6.34. The number of ether oxygens (including phenoxy) is 2. The number of ketones is 1. The van der Waals surface area contributed by atoms with Crippen LogP contribution in [0, 0.1) is 5.92 Å². The third-order valence-corrected chi connectivity index (χ3v) is 7.17. The fourth-order valence-electron chi connectivity index (χ4n) is 4.97. The van der Waals surface area contributed by atoms with E-state index in [1.165, 1.54) is 11.1 Å². The number of hydrogen-bond donors (Lipinski definition) is 1. The number of H-pyrrole nitrogens is 1. The van der Waals surface area contributed by atoms with Gasteiger partial charge in [0.05, 0.1) is 28.9 Å². The molecule has 2 aromatic heterocycles. The minimum atomic E-state index is -1.20. The SMILES string of the molecule is CC[C@H]1OC[C@@H](Oc2nc3nc(-c4ccc(C5=CCC(CC(C)=O)CC5)cc4)c(Cl)cc3[nH]2)[C@@H]1F. The van der Waals surface area contributed by atoms with Crippen LogP contribution in [-0.2, 0) is 9.53 Å². The van der Waals surface area contributed by atoms with Crippen molar-refractivity contribution in [3.63, 3.8) is 0 Å². The number of aromatic amines is 1. The first kappa shape index (κ1) is 23.9. The number of rotatable bonds is 7. The molecule has 1 aromatic carbocycles. The first-order valence-electron chi connectivity index (χ1n) is 12.2. The van der Waals surface area contributed by atoms with Gasteiger partial charge in [-0.15, -0.1) is 0 Å². The number of alkyl halides is 1. The molecule has 1 aliphatic heterocycles. The zero-order chi connectivity index (χ0) is 24.5. The molecule has 4 atom stereocenters. The van der Waals surface area contributed by atoms with E-state index in [-0.39, 0.29) is 18.4 Å². The van der Waals surface area contributed by atoms with E-state index >= 15 is 0 Å². The van der Waals surface area contributed by atoms with Gasteiger partial charge in [0.1, 0.15) is 5.78 Å². The Morgan fingerprint density at radius 1 is 1.26 bits per heavy atom. The van der Waals surface area contributed by atoms with Crippen molar-refractivity contribution in [3.8, 4) is 17.3 Å². The lowest BCUT2D eigenvalue weighted by Crippen LogP contribution is -2.30. The first-order chi connectivity index (χ1) is 16.9. The number of halogens is 2. The number of aromatic nitrogens is 3. The monoisotopic (exact) mass is 497 g/mol. The lowest BCUT2D eigenvalue weighted by atomic mass is 9.84. The van der Waals surface area contributed by atoms with Crippen molar-refractivity contribution in [2.75, 3.05) is 6.61 Å². The highest BCUT2D eigenvalue weighted by atomic mass is 35.5. The van der Waals surface area contributed by atoms with Gasteiger partial charge in [0.2, 0.25) is 0 Å². The molecule has 1 saturated heterocycles. The molecule has 8 heteroatoms. The van der Waals surface area contributed by atoms with E-state index in [4.69, 9.17) is 21.1 Å². The second-order valence-electron chi connectivity index (χ2n) is 9.47. The van der Waals surface area contributed by atoms with Gasteiger partial charge in [-0.25, -0.2) is 9.37 Å². The van der Waals surface area contributed by atoms with Gasteiger partial charge in [0.25, 0.3) is 6.01 Å². The Kier molecular flexibility index (Phi) is 6.89. The van der Waals surface area contributed by atoms with Crippen LogP contribution in [0.1, 0.15) is 51.5 Å². The summed E-state index contributed by atoms with van der Waals surface area (Å²) in [5.74, 6) is 0.718. The number of Topliss-reactive ketones (excluding diaryl/α,β-unsaturated/α-hetero) is 1. The quantitative estimate of drug-likeness (QED) is 0.412. The number of hydrogen-bond acceptors (Lipinski definition) is 5. The van der Waals surface area contributed by atoms with Gasteiger partial charge >= 0.3 is 0 Å². The number of imidazole rings is 1. The maximum atomic E-state index is 14.4. The minimum Gasteiger partial charge on any atom is -0.456 e. The molecule has 6 nitrogen and oxygen atoms in total. The molecule has 0 spiro atoms. The van der Waals surface area contributed by atoms with E-state index in [2.05, 4.69) is 33.2 Å². The van der Waals surface area contributed by atoms with E-state index < -0.39 is 18.4 Å². The van der Waals surface area contributed by atoms with Crippen LogP contribution in [0.3, 0.4) is 0 Å². The second-order valence-corrected chi connectivity index (χ2v) is 9.87. The highest BCUT2D eigenvalue weighted by molar-refractivity contribution is 6.33. The van der Waals surface area contributed by atoms with Crippen LogP contribution >= 0.6 is 11.6 Å². The van der Waals surface area contributed by atoms with Crippen molar-refractivity contribution < 1.29 is 18.7 Å². The summed E-state index contributed by atoms with van der Waals surface area (Å²) >= 11 is 6.55. The maximum absolute atomic E-state index is 14.4. The molecule has 3 aromatic rings. The number of carbonyl (C=O) groups is 1. The summed E-state index contributed by atoms with van der Waals surface area (Å²) in [4.78, 5) is 23.5. The molecule has 5 rings (SSSR count). The highest BCUT2D eigenvalue weighted by Gasteiger charge is 2.38. The van der Waals surface area contributed by atoms with E-state index in [1.54, 1.807) is 13.0 Å². The van der Waals surface area contributed by atoms with Crippen molar-refractivity contribution >= 4 is 34.1 Å².